The Labute approximate surface area is 121 Å². The summed E-state index contributed by atoms with van der Waals surface area (Å²) in [7, 11) is 0. The molecule has 1 aromatic carbocycles. The number of hydrogen-bond donors (Lipinski definition) is 1. The van der Waals surface area contributed by atoms with Crippen molar-refractivity contribution in [3.63, 3.8) is 0 Å². The minimum atomic E-state index is -4.55. The van der Waals surface area contributed by atoms with Crippen molar-refractivity contribution < 1.29 is 18.0 Å². The van der Waals surface area contributed by atoms with Gasteiger partial charge in [-0.05, 0) is 36.5 Å². The lowest BCUT2D eigenvalue weighted by atomic mass is 9.88. The molecule has 0 aromatic heterocycles. The molecule has 0 radical (unpaired) electrons. The number of benzene rings is 1. The molecule has 0 bridgehead atoms. The number of rotatable bonds is 1. The molecule has 1 aliphatic rings. The summed E-state index contributed by atoms with van der Waals surface area (Å²) >= 11 is 0. The van der Waals surface area contributed by atoms with Crippen molar-refractivity contribution in [3.8, 4) is 0 Å². The van der Waals surface area contributed by atoms with Crippen LogP contribution in [0.15, 0.2) is 18.2 Å². The molecule has 21 heavy (non-hydrogen) atoms. The number of nitrogens with two attached hydrogens (primary N) is 1. The molecule has 6 heteroatoms. The lowest BCUT2D eigenvalue weighted by Crippen LogP contribution is -2.42. The Balaban J connectivity index is 2.24. The predicted molar refractivity (Wildman–Crippen MR) is 74.7 cm³/mol. The van der Waals surface area contributed by atoms with E-state index in [4.69, 9.17) is 5.73 Å². The van der Waals surface area contributed by atoms with Crippen LogP contribution in [0.5, 0.6) is 0 Å². The topological polar surface area (TPSA) is 46.3 Å². The number of halogens is 3. The number of nitrogens with zero attached hydrogens (tertiary/aromatic N) is 1. The Kier molecular flexibility index (Phi) is 4.16. The summed E-state index contributed by atoms with van der Waals surface area (Å²) in [5.74, 6) is 0.504. The van der Waals surface area contributed by atoms with E-state index in [1.54, 1.807) is 4.90 Å². The first-order valence-corrected chi connectivity index (χ1v) is 6.96. The zero-order valence-corrected chi connectivity index (χ0v) is 12.1. The summed E-state index contributed by atoms with van der Waals surface area (Å²) in [6, 6.07) is 3.35. The maximum atomic E-state index is 12.8. The quantitative estimate of drug-likeness (QED) is 0.808. The lowest BCUT2D eigenvalue weighted by molar-refractivity contribution is -0.136. The van der Waals surface area contributed by atoms with Crippen LogP contribution < -0.4 is 5.73 Å². The summed E-state index contributed by atoms with van der Waals surface area (Å²) in [4.78, 5) is 14.0. The lowest BCUT2D eigenvalue weighted by Gasteiger charge is -2.35. The van der Waals surface area contributed by atoms with E-state index in [2.05, 4.69) is 6.92 Å². The molecule has 1 amide bonds. The van der Waals surface area contributed by atoms with Crippen molar-refractivity contribution in [2.75, 3.05) is 18.8 Å². The smallest absolute Gasteiger partial charge is 0.398 e. The average Bonchev–Trinajstić information content (AvgIpc) is 2.40. The molecule has 1 fully saturated rings. The zero-order chi connectivity index (χ0) is 15.8. The highest BCUT2D eigenvalue weighted by Crippen LogP contribution is 2.34. The second-order valence-corrected chi connectivity index (χ2v) is 5.79. The van der Waals surface area contributed by atoms with Crippen LogP contribution in [0.4, 0.5) is 18.9 Å². The van der Waals surface area contributed by atoms with Gasteiger partial charge < -0.3 is 10.6 Å². The maximum absolute atomic E-state index is 12.8. The number of anilines is 1. The Morgan fingerprint density at radius 2 is 1.95 bits per heavy atom. The number of carbonyl (C=O) groups is 1. The summed E-state index contributed by atoms with van der Waals surface area (Å²) in [5, 5.41) is 0. The molecule has 1 aromatic rings. The molecule has 0 aliphatic carbocycles. The SMILES string of the molecule is CC1CCN(C(=O)c2ccc(N)c(C(F)(F)F)c2)CC1C. The van der Waals surface area contributed by atoms with Crippen molar-refractivity contribution in [1.29, 1.82) is 0 Å². The van der Waals surface area contributed by atoms with Gasteiger partial charge in [0.25, 0.3) is 5.91 Å². The molecule has 0 spiro atoms. The normalized spacial score (nSPS) is 23.2. The van der Waals surface area contributed by atoms with Gasteiger partial charge in [0.05, 0.1) is 5.56 Å². The van der Waals surface area contributed by atoms with Crippen LogP contribution in [0.1, 0.15) is 36.2 Å². The van der Waals surface area contributed by atoms with Crippen LogP contribution >= 0.6 is 0 Å². The highest BCUT2D eigenvalue weighted by Gasteiger charge is 2.34. The molecule has 1 saturated heterocycles. The molecule has 1 heterocycles. The Hall–Kier alpha value is -1.72. The van der Waals surface area contributed by atoms with Crippen LogP contribution in [-0.4, -0.2) is 23.9 Å². The van der Waals surface area contributed by atoms with Crippen LogP contribution in [-0.2, 0) is 6.18 Å². The van der Waals surface area contributed by atoms with Crippen LogP contribution in [0.25, 0.3) is 0 Å². The Morgan fingerprint density at radius 1 is 1.29 bits per heavy atom. The van der Waals surface area contributed by atoms with Crippen molar-refractivity contribution in [1.82, 2.24) is 4.90 Å². The summed E-state index contributed by atoms with van der Waals surface area (Å²) in [6.45, 7) is 5.33. The van der Waals surface area contributed by atoms with E-state index in [0.717, 1.165) is 18.6 Å². The van der Waals surface area contributed by atoms with Gasteiger partial charge in [-0.2, -0.15) is 13.2 Å². The van der Waals surface area contributed by atoms with E-state index in [1.807, 2.05) is 6.92 Å². The van der Waals surface area contributed by atoms with E-state index in [1.165, 1.54) is 6.07 Å². The van der Waals surface area contributed by atoms with E-state index < -0.39 is 11.7 Å². The van der Waals surface area contributed by atoms with Gasteiger partial charge in [-0.15, -0.1) is 0 Å². The summed E-state index contributed by atoms with van der Waals surface area (Å²) < 4.78 is 38.5. The van der Waals surface area contributed by atoms with Gasteiger partial charge in [0.2, 0.25) is 0 Å². The highest BCUT2D eigenvalue weighted by molar-refractivity contribution is 5.95. The molecule has 116 valence electrons. The monoisotopic (exact) mass is 300 g/mol. The van der Waals surface area contributed by atoms with Crippen molar-refractivity contribution in [2.45, 2.75) is 26.4 Å². The van der Waals surface area contributed by atoms with Crippen LogP contribution in [0.3, 0.4) is 0 Å². The van der Waals surface area contributed by atoms with Gasteiger partial charge in [-0.25, -0.2) is 0 Å². The molecule has 2 atom stereocenters. The minimum absolute atomic E-state index is 0.0401. The number of hydrogen-bond acceptors (Lipinski definition) is 2. The number of piperidine rings is 1. The van der Waals surface area contributed by atoms with E-state index in [0.29, 0.717) is 24.9 Å². The molecule has 1 aliphatic heterocycles. The molecule has 3 nitrogen and oxygen atoms in total. The molecular formula is C15H19F3N2O. The molecule has 2 N–H and O–H groups in total. The van der Waals surface area contributed by atoms with Crippen LogP contribution in [0, 0.1) is 11.8 Å². The van der Waals surface area contributed by atoms with Gasteiger partial charge in [0.1, 0.15) is 0 Å². The van der Waals surface area contributed by atoms with E-state index >= 15 is 0 Å². The van der Waals surface area contributed by atoms with Gasteiger partial charge in [-0.3, -0.25) is 4.79 Å². The second-order valence-electron chi connectivity index (χ2n) is 5.79. The molecular weight excluding hydrogens is 281 g/mol. The van der Waals surface area contributed by atoms with Crippen molar-refractivity contribution in [3.05, 3.63) is 29.3 Å². The third-order valence-corrected chi connectivity index (χ3v) is 4.23. The van der Waals surface area contributed by atoms with Gasteiger partial charge in [0, 0.05) is 24.3 Å². The van der Waals surface area contributed by atoms with Gasteiger partial charge in [0.15, 0.2) is 0 Å². The number of nitrogen functional groups attached to an aromatic ring is 1. The van der Waals surface area contributed by atoms with E-state index in [-0.39, 0.29) is 17.2 Å². The Morgan fingerprint density at radius 3 is 2.52 bits per heavy atom. The fraction of sp³-hybridized carbons (Fsp3) is 0.533. The van der Waals surface area contributed by atoms with Gasteiger partial charge >= 0.3 is 6.18 Å². The molecule has 0 saturated carbocycles. The Bertz CT molecular complexity index is 542. The summed E-state index contributed by atoms with van der Waals surface area (Å²) in [6.07, 6.45) is -3.68. The third-order valence-electron chi connectivity index (χ3n) is 4.23. The number of carbonyl (C=O) groups excluding carboxylic acids is 1. The number of amides is 1. The first kappa shape index (κ1) is 15.7. The van der Waals surface area contributed by atoms with Crippen molar-refractivity contribution in [2.24, 2.45) is 11.8 Å². The number of alkyl halides is 3. The third kappa shape index (κ3) is 3.31. The summed E-state index contributed by atoms with van der Waals surface area (Å²) in [5.41, 5.74) is 4.08. The minimum Gasteiger partial charge on any atom is -0.398 e. The molecule has 2 rings (SSSR count). The fourth-order valence-corrected chi connectivity index (χ4v) is 2.56. The predicted octanol–water partition coefficient (Wildman–Crippen LogP) is 3.41. The fourth-order valence-electron chi connectivity index (χ4n) is 2.56. The largest absolute Gasteiger partial charge is 0.418 e. The standard InChI is InChI=1S/C15H19F3N2O/c1-9-5-6-20(8-10(9)2)14(21)11-3-4-13(19)12(7-11)15(16,17)18/h3-4,7,9-10H,5-6,8,19H2,1-2H3. The average molecular weight is 300 g/mol. The van der Waals surface area contributed by atoms with Crippen LogP contribution in [0.2, 0.25) is 0 Å². The number of likely N-dealkylation sites (tertiary alicyclic amines) is 1. The first-order valence-electron chi connectivity index (χ1n) is 6.96. The highest BCUT2D eigenvalue weighted by atomic mass is 19.4. The zero-order valence-electron chi connectivity index (χ0n) is 12.1. The molecule has 2 unspecified atom stereocenters. The van der Waals surface area contributed by atoms with E-state index in [9.17, 15) is 18.0 Å². The second kappa shape index (κ2) is 5.58. The van der Waals surface area contributed by atoms with Gasteiger partial charge in [-0.1, -0.05) is 13.8 Å². The first-order chi connectivity index (χ1) is 9.70. The van der Waals surface area contributed by atoms with Crippen molar-refractivity contribution >= 4 is 11.6 Å². The maximum Gasteiger partial charge on any atom is 0.418 e.